The summed E-state index contributed by atoms with van der Waals surface area (Å²) >= 11 is 1.48. The normalized spacial score (nSPS) is 11.1. The van der Waals surface area contributed by atoms with Gasteiger partial charge in [-0.1, -0.05) is 0 Å². The van der Waals surface area contributed by atoms with Crippen molar-refractivity contribution < 1.29 is 32.5 Å². The van der Waals surface area contributed by atoms with Gasteiger partial charge in [-0.3, -0.25) is 0 Å². The molecule has 94 valence electrons. The van der Waals surface area contributed by atoms with Crippen molar-refractivity contribution in [1.29, 1.82) is 0 Å². The Bertz CT molecular complexity index is 449. The molecule has 0 atom stereocenters. The number of methoxy groups -OCH3 is 1. The summed E-state index contributed by atoms with van der Waals surface area (Å²) in [4.78, 5) is 14.4. The minimum absolute atomic E-state index is 0.159. The largest absolute Gasteiger partial charge is 0.573 e. The van der Waals surface area contributed by atoms with Crippen molar-refractivity contribution in [1.82, 2.24) is 4.98 Å². The molecule has 0 saturated heterocycles. The second kappa shape index (κ2) is 4.94. The third-order valence-corrected chi connectivity index (χ3v) is 2.34. The van der Waals surface area contributed by atoms with Crippen LogP contribution in [-0.4, -0.2) is 29.5 Å². The second-order valence-electron chi connectivity index (χ2n) is 2.68. The molecule has 1 N–H and O–H groups in total. The maximum Gasteiger partial charge on any atom is 0.573 e. The number of carboxylic acid groups (broad SMARTS) is 1. The van der Waals surface area contributed by atoms with Gasteiger partial charge in [0, 0.05) is 6.07 Å². The van der Waals surface area contributed by atoms with Crippen LogP contribution in [0, 0.1) is 3.70 Å². The van der Waals surface area contributed by atoms with Gasteiger partial charge >= 0.3 is 12.3 Å². The van der Waals surface area contributed by atoms with Gasteiger partial charge in [0.05, 0.1) is 7.11 Å². The SMILES string of the molecule is COc1cc(OC(F)(F)F)c(C(=O)O)c(I)n1. The number of hydrogen-bond donors (Lipinski definition) is 1. The Balaban J connectivity index is 3.32. The molecule has 1 rings (SSSR count). The first kappa shape index (κ1) is 13.8. The second-order valence-corrected chi connectivity index (χ2v) is 3.70. The Morgan fingerprint density at radius 1 is 1.53 bits per heavy atom. The molecule has 0 amide bonds. The van der Waals surface area contributed by atoms with Crippen LogP contribution >= 0.6 is 22.6 Å². The fraction of sp³-hybridized carbons (Fsp3) is 0.250. The molecule has 0 unspecified atom stereocenters. The zero-order valence-electron chi connectivity index (χ0n) is 8.21. The number of carbonyl (C=O) groups is 1. The van der Waals surface area contributed by atoms with E-state index >= 15 is 0 Å². The zero-order chi connectivity index (χ0) is 13.2. The van der Waals surface area contributed by atoms with Crippen LogP contribution in [0.4, 0.5) is 13.2 Å². The van der Waals surface area contributed by atoms with Crippen LogP contribution in [0.3, 0.4) is 0 Å². The van der Waals surface area contributed by atoms with Crippen molar-refractivity contribution in [3.63, 3.8) is 0 Å². The molecule has 1 aromatic heterocycles. The molecule has 17 heavy (non-hydrogen) atoms. The molecule has 5 nitrogen and oxygen atoms in total. The van der Waals surface area contributed by atoms with Crippen LogP contribution in [0.1, 0.15) is 10.4 Å². The maximum atomic E-state index is 12.1. The van der Waals surface area contributed by atoms with Gasteiger partial charge in [-0.2, -0.15) is 0 Å². The standard InChI is InChI=1S/C8H5F3INO4/c1-16-4-2-3(17-8(9,10)11)5(7(14)15)6(12)13-4/h2H,1H3,(H,14,15). The van der Waals surface area contributed by atoms with Crippen LogP contribution in [0.25, 0.3) is 0 Å². The fourth-order valence-electron chi connectivity index (χ4n) is 0.974. The summed E-state index contributed by atoms with van der Waals surface area (Å²) in [5.41, 5.74) is -0.663. The van der Waals surface area contributed by atoms with Crippen molar-refractivity contribution in [2.75, 3.05) is 7.11 Å². The number of halogens is 4. The molecule has 0 radical (unpaired) electrons. The molecule has 0 aliphatic rings. The van der Waals surface area contributed by atoms with Gasteiger partial charge in [0.1, 0.15) is 9.26 Å². The highest BCUT2D eigenvalue weighted by molar-refractivity contribution is 14.1. The smallest absolute Gasteiger partial charge is 0.481 e. The molecule has 0 bridgehead atoms. The Kier molecular flexibility index (Phi) is 4.01. The summed E-state index contributed by atoms with van der Waals surface area (Å²) in [5.74, 6) is -2.59. The van der Waals surface area contributed by atoms with E-state index < -0.39 is 23.6 Å². The van der Waals surface area contributed by atoms with E-state index in [4.69, 9.17) is 5.11 Å². The first-order valence-corrected chi connectivity index (χ1v) is 5.06. The average Bonchev–Trinajstić information content (AvgIpc) is 2.13. The number of aromatic nitrogens is 1. The average molecular weight is 363 g/mol. The predicted molar refractivity (Wildman–Crippen MR) is 57.1 cm³/mol. The molecule has 0 aromatic carbocycles. The van der Waals surface area contributed by atoms with Gasteiger partial charge in [0.15, 0.2) is 5.75 Å². The third kappa shape index (κ3) is 3.61. The number of hydrogen-bond acceptors (Lipinski definition) is 4. The van der Waals surface area contributed by atoms with Crippen molar-refractivity contribution in [2.24, 2.45) is 0 Å². The van der Waals surface area contributed by atoms with E-state index in [1.54, 1.807) is 0 Å². The molecule has 1 aromatic rings. The van der Waals surface area contributed by atoms with Crippen LogP contribution in [0.15, 0.2) is 6.07 Å². The van der Waals surface area contributed by atoms with E-state index in [1.165, 1.54) is 29.7 Å². The van der Waals surface area contributed by atoms with E-state index in [-0.39, 0.29) is 9.58 Å². The van der Waals surface area contributed by atoms with Crippen LogP contribution in [0.5, 0.6) is 11.6 Å². The highest BCUT2D eigenvalue weighted by Gasteiger charge is 2.34. The lowest BCUT2D eigenvalue weighted by Crippen LogP contribution is -2.20. The first-order chi connectivity index (χ1) is 7.74. The molecule has 0 saturated carbocycles. The molecular weight excluding hydrogens is 358 g/mol. The number of aromatic carboxylic acids is 1. The van der Waals surface area contributed by atoms with E-state index in [0.717, 1.165) is 6.07 Å². The Morgan fingerprint density at radius 3 is 2.53 bits per heavy atom. The minimum Gasteiger partial charge on any atom is -0.481 e. The molecule has 0 aliphatic carbocycles. The first-order valence-electron chi connectivity index (χ1n) is 3.98. The maximum absolute atomic E-state index is 12.1. The Morgan fingerprint density at radius 2 is 2.12 bits per heavy atom. The summed E-state index contributed by atoms with van der Waals surface area (Å²) in [6, 6.07) is 0.763. The van der Waals surface area contributed by atoms with Crippen molar-refractivity contribution in [2.45, 2.75) is 6.36 Å². The molecule has 0 spiro atoms. The quantitative estimate of drug-likeness (QED) is 0.660. The lowest BCUT2D eigenvalue weighted by Gasteiger charge is -2.12. The van der Waals surface area contributed by atoms with Crippen LogP contribution in [0.2, 0.25) is 0 Å². The summed E-state index contributed by atoms with van der Waals surface area (Å²) in [5, 5.41) is 8.77. The summed E-state index contributed by atoms with van der Waals surface area (Å²) in [7, 11) is 1.19. The van der Waals surface area contributed by atoms with Crippen molar-refractivity contribution in [3.8, 4) is 11.6 Å². The Labute approximate surface area is 107 Å². The third-order valence-electron chi connectivity index (χ3n) is 1.56. The van der Waals surface area contributed by atoms with Gasteiger partial charge in [0.25, 0.3) is 0 Å². The Hall–Kier alpha value is -1.26. The van der Waals surface area contributed by atoms with Gasteiger partial charge in [-0.15, -0.1) is 13.2 Å². The summed E-state index contributed by atoms with van der Waals surface area (Å²) in [6.45, 7) is 0. The lowest BCUT2D eigenvalue weighted by atomic mass is 10.2. The summed E-state index contributed by atoms with van der Waals surface area (Å²) in [6.07, 6.45) is -4.99. The topological polar surface area (TPSA) is 68.7 Å². The molecular formula is C8H5F3INO4. The van der Waals surface area contributed by atoms with Crippen LogP contribution < -0.4 is 9.47 Å². The van der Waals surface area contributed by atoms with E-state index in [0.29, 0.717) is 0 Å². The van der Waals surface area contributed by atoms with Gasteiger partial charge in [-0.05, 0) is 22.6 Å². The lowest BCUT2D eigenvalue weighted by molar-refractivity contribution is -0.274. The zero-order valence-corrected chi connectivity index (χ0v) is 10.4. The molecule has 9 heteroatoms. The highest BCUT2D eigenvalue weighted by atomic mass is 127. The summed E-state index contributed by atoms with van der Waals surface area (Å²) < 4.78 is 44.3. The molecule has 1 heterocycles. The predicted octanol–water partition coefficient (Wildman–Crippen LogP) is 2.29. The fourth-order valence-corrected chi connectivity index (χ4v) is 1.71. The van der Waals surface area contributed by atoms with E-state index in [2.05, 4.69) is 14.5 Å². The van der Waals surface area contributed by atoms with Crippen molar-refractivity contribution in [3.05, 3.63) is 15.3 Å². The van der Waals surface area contributed by atoms with E-state index in [9.17, 15) is 18.0 Å². The number of rotatable bonds is 3. The number of pyridine rings is 1. The number of alkyl halides is 3. The number of nitrogens with zero attached hydrogens (tertiary/aromatic N) is 1. The molecule has 0 fully saturated rings. The number of ether oxygens (including phenoxy) is 2. The van der Waals surface area contributed by atoms with Gasteiger partial charge in [-0.25, -0.2) is 9.78 Å². The minimum atomic E-state index is -4.99. The van der Waals surface area contributed by atoms with E-state index in [1.807, 2.05) is 0 Å². The van der Waals surface area contributed by atoms with Gasteiger partial charge < -0.3 is 14.6 Å². The van der Waals surface area contributed by atoms with Gasteiger partial charge in [0.2, 0.25) is 5.88 Å². The highest BCUT2D eigenvalue weighted by Crippen LogP contribution is 2.31. The van der Waals surface area contributed by atoms with Crippen LogP contribution in [-0.2, 0) is 0 Å². The molecule has 0 aliphatic heterocycles. The number of carboxylic acids is 1. The monoisotopic (exact) mass is 363 g/mol. The van der Waals surface area contributed by atoms with Crippen molar-refractivity contribution >= 4 is 28.6 Å².